The Kier molecular flexibility index (Phi) is 12.1. The first kappa shape index (κ1) is 23.5. The molecule has 0 unspecified atom stereocenters. The van der Waals surface area contributed by atoms with Crippen LogP contribution in [0.2, 0.25) is 0 Å². The highest BCUT2D eigenvalue weighted by Gasteiger charge is 2.08. The Morgan fingerprint density at radius 3 is 1.86 bits per heavy atom. The molecule has 28 heavy (non-hydrogen) atoms. The number of hydrogen-bond acceptors (Lipinski definition) is 4. The third-order valence-corrected chi connectivity index (χ3v) is 4.31. The molecule has 1 amide bonds. The molecule has 0 spiro atoms. The lowest BCUT2D eigenvalue weighted by molar-refractivity contribution is -0.139. The predicted octanol–water partition coefficient (Wildman–Crippen LogP) is 4.46. The number of carboxylic acid groups (broad SMARTS) is 2. The molecule has 7 nitrogen and oxygen atoms in total. The molecule has 1 aromatic carbocycles. The molecule has 0 saturated heterocycles. The number of hydrogen-bond donors (Lipinski definition) is 3. The maximum Gasteiger partial charge on any atom is 0.341 e. The van der Waals surface area contributed by atoms with Gasteiger partial charge in [-0.1, -0.05) is 57.1 Å². The Balaban J connectivity index is 2.08. The van der Waals surface area contributed by atoms with Gasteiger partial charge in [-0.25, -0.2) is 4.79 Å². The van der Waals surface area contributed by atoms with Gasteiger partial charge in [-0.15, -0.1) is 0 Å². The van der Waals surface area contributed by atoms with E-state index >= 15 is 0 Å². The third-order valence-electron chi connectivity index (χ3n) is 4.31. The minimum atomic E-state index is -1.07. The number of unbranched alkanes of at least 4 members (excludes halogenated alkanes) is 8. The normalized spacial score (nSPS) is 10.4. The van der Waals surface area contributed by atoms with Crippen molar-refractivity contribution in [3.8, 4) is 5.75 Å². The fourth-order valence-corrected chi connectivity index (χ4v) is 2.85. The van der Waals surface area contributed by atoms with Crippen LogP contribution in [0.25, 0.3) is 0 Å². The SMILES string of the molecule is O=C(O)CCCCCCCCCCCC(=O)Nc1ccccc1OCC(=O)O. The first-order valence-corrected chi connectivity index (χ1v) is 9.94. The number of anilines is 1. The van der Waals surface area contributed by atoms with Gasteiger partial charge in [0.2, 0.25) is 5.91 Å². The third kappa shape index (κ3) is 11.9. The summed E-state index contributed by atoms with van der Waals surface area (Å²) >= 11 is 0. The molecule has 0 radical (unpaired) electrons. The average molecular weight is 393 g/mol. The number of amides is 1. The van der Waals surface area contributed by atoms with Crippen molar-refractivity contribution in [3.05, 3.63) is 24.3 Å². The van der Waals surface area contributed by atoms with Crippen LogP contribution in [0.4, 0.5) is 5.69 Å². The summed E-state index contributed by atoms with van der Waals surface area (Å²) in [4.78, 5) is 33.1. The van der Waals surface area contributed by atoms with Gasteiger partial charge in [-0.2, -0.15) is 0 Å². The van der Waals surface area contributed by atoms with E-state index in [1.165, 1.54) is 0 Å². The predicted molar refractivity (Wildman–Crippen MR) is 107 cm³/mol. The highest BCUT2D eigenvalue weighted by molar-refractivity contribution is 5.92. The lowest BCUT2D eigenvalue weighted by atomic mass is 10.1. The van der Waals surface area contributed by atoms with E-state index in [2.05, 4.69) is 5.32 Å². The second-order valence-corrected chi connectivity index (χ2v) is 6.80. The molecule has 0 bridgehead atoms. The van der Waals surface area contributed by atoms with Crippen LogP contribution in [0, 0.1) is 0 Å². The Hall–Kier alpha value is -2.57. The lowest BCUT2D eigenvalue weighted by Crippen LogP contribution is -2.14. The van der Waals surface area contributed by atoms with Gasteiger partial charge in [0, 0.05) is 12.8 Å². The zero-order valence-electron chi connectivity index (χ0n) is 16.3. The fourth-order valence-electron chi connectivity index (χ4n) is 2.85. The first-order valence-electron chi connectivity index (χ1n) is 9.94. The highest BCUT2D eigenvalue weighted by atomic mass is 16.5. The standard InChI is InChI=1S/C21H31NO6/c23-19(22-17-12-10-11-13-18(17)28-16-21(26)27)14-8-6-4-2-1-3-5-7-9-15-20(24)25/h10-13H,1-9,14-16H2,(H,22,23)(H,24,25)(H,26,27). The van der Waals surface area contributed by atoms with E-state index in [0.29, 0.717) is 17.9 Å². The van der Waals surface area contributed by atoms with Crippen LogP contribution in [-0.2, 0) is 14.4 Å². The van der Waals surface area contributed by atoms with Gasteiger partial charge < -0.3 is 20.3 Å². The van der Waals surface area contributed by atoms with E-state index in [4.69, 9.17) is 14.9 Å². The monoisotopic (exact) mass is 393 g/mol. The van der Waals surface area contributed by atoms with E-state index < -0.39 is 18.5 Å². The summed E-state index contributed by atoms with van der Waals surface area (Å²) in [7, 11) is 0. The Morgan fingerprint density at radius 1 is 0.750 bits per heavy atom. The molecule has 0 aromatic heterocycles. The van der Waals surface area contributed by atoms with E-state index in [-0.39, 0.29) is 12.3 Å². The number of carbonyl (C=O) groups is 3. The van der Waals surface area contributed by atoms with Gasteiger partial charge in [0.1, 0.15) is 5.75 Å². The maximum atomic E-state index is 12.1. The molecule has 1 aromatic rings. The minimum absolute atomic E-state index is 0.107. The van der Waals surface area contributed by atoms with Gasteiger partial charge in [0.25, 0.3) is 0 Å². The number of benzene rings is 1. The molecule has 156 valence electrons. The molecule has 0 atom stereocenters. The van der Waals surface area contributed by atoms with Gasteiger partial charge in [-0.05, 0) is 25.0 Å². The van der Waals surface area contributed by atoms with Crippen LogP contribution < -0.4 is 10.1 Å². The molecule has 0 fully saturated rings. The van der Waals surface area contributed by atoms with Gasteiger partial charge in [0.15, 0.2) is 6.61 Å². The lowest BCUT2D eigenvalue weighted by Gasteiger charge is -2.11. The molecule has 0 aliphatic heterocycles. The second kappa shape index (κ2) is 14.5. The molecule has 0 saturated carbocycles. The molecule has 0 aliphatic carbocycles. The molecule has 0 aliphatic rings. The first-order chi connectivity index (χ1) is 13.5. The summed E-state index contributed by atoms with van der Waals surface area (Å²) in [5, 5.41) is 20.0. The zero-order chi connectivity index (χ0) is 20.6. The van der Waals surface area contributed by atoms with Crippen molar-refractivity contribution >= 4 is 23.5 Å². The van der Waals surface area contributed by atoms with Crippen LogP contribution in [-0.4, -0.2) is 34.7 Å². The van der Waals surface area contributed by atoms with Crippen LogP contribution in [0.15, 0.2) is 24.3 Å². The van der Waals surface area contributed by atoms with Gasteiger partial charge in [-0.3, -0.25) is 9.59 Å². The number of ether oxygens (including phenoxy) is 1. The fraction of sp³-hybridized carbons (Fsp3) is 0.571. The second-order valence-electron chi connectivity index (χ2n) is 6.80. The van der Waals surface area contributed by atoms with Crippen molar-refractivity contribution in [2.24, 2.45) is 0 Å². The summed E-state index contributed by atoms with van der Waals surface area (Å²) < 4.78 is 5.17. The number of para-hydroxylation sites is 2. The van der Waals surface area contributed by atoms with Gasteiger partial charge >= 0.3 is 11.9 Å². The summed E-state index contributed by atoms with van der Waals surface area (Å²) in [5.41, 5.74) is 0.483. The van der Waals surface area contributed by atoms with E-state index in [9.17, 15) is 14.4 Å². The number of carboxylic acids is 2. The van der Waals surface area contributed by atoms with Crippen molar-refractivity contribution in [1.29, 1.82) is 0 Å². The number of rotatable bonds is 16. The van der Waals surface area contributed by atoms with Crippen LogP contribution in [0.1, 0.15) is 70.6 Å². The van der Waals surface area contributed by atoms with E-state index in [1.54, 1.807) is 24.3 Å². The topological polar surface area (TPSA) is 113 Å². The molecule has 3 N–H and O–H groups in total. The zero-order valence-corrected chi connectivity index (χ0v) is 16.3. The summed E-state index contributed by atoms with van der Waals surface area (Å²) in [6, 6.07) is 6.79. The quantitative estimate of drug-likeness (QED) is 0.357. The number of carbonyl (C=O) groups excluding carboxylic acids is 1. The molecule has 1 rings (SSSR count). The average Bonchev–Trinajstić information content (AvgIpc) is 2.65. The Morgan fingerprint density at radius 2 is 1.29 bits per heavy atom. The minimum Gasteiger partial charge on any atom is -0.481 e. The van der Waals surface area contributed by atoms with E-state index in [1.807, 2.05) is 0 Å². The van der Waals surface area contributed by atoms with Crippen molar-refractivity contribution < 1.29 is 29.3 Å². The summed E-state index contributed by atoms with van der Waals surface area (Å²) in [6.45, 7) is -0.452. The maximum absolute atomic E-state index is 12.1. The molecular formula is C21H31NO6. The van der Waals surface area contributed by atoms with Crippen LogP contribution in [0.5, 0.6) is 5.75 Å². The van der Waals surface area contributed by atoms with Crippen LogP contribution in [0.3, 0.4) is 0 Å². The summed E-state index contributed by atoms with van der Waals surface area (Å²) in [5.74, 6) is -1.55. The van der Waals surface area contributed by atoms with Gasteiger partial charge in [0.05, 0.1) is 5.69 Å². The Bertz CT molecular complexity index is 617. The largest absolute Gasteiger partial charge is 0.481 e. The number of nitrogens with one attached hydrogen (secondary N) is 1. The Labute approximate surface area is 166 Å². The van der Waals surface area contributed by atoms with Crippen LogP contribution >= 0.6 is 0 Å². The molecule has 0 heterocycles. The molecule has 7 heteroatoms. The van der Waals surface area contributed by atoms with E-state index in [0.717, 1.165) is 57.8 Å². The summed E-state index contributed by atoms with van der Waals surface area (Å²) in [6.07, 6.45) is 9.79. The van der Waals surface area contributed by atoms with Crippen molar-refractivity contribution in [1.82, 2.24) is 0 Å². The van der Waals surface area contributed by atoms with Crippen molar-refractivity contribution in [2.75, 3.05) is 11.9 Å². The smallest absolute Gasteiger partial charge is 0.341 e. The van der Waals surface area contributed by atoms with Crippen molar-refractivity contribution in [3.63, 3.8) is 0 Å². The van der Waals surface area contributed by atoms with Crippen molar-refractivity contribution in [2.45, 2.75) is 70.6 Å². The highest BCUT2D eigenvalue weighted by Crippen LogP contribution is 2.24. The molecular weight excluding hydrogens is 362 g/mol. The number of aliphatic carboxylic acids is 2.